The number of aliphatic hydroxyl groups excluding tert-OH is 1. The van der Waals surface area contributed by atoms with E-state index in [4.69, 9.17) is 16.7 Å². The third kappa shape index (κ3) is 21.3. The molecule has 1 aliphatic carbocycles. The fraction of sp³-hybridized carbons (Fsp3) is 0.353. The van der Waals surface area contributed by atoms with Crippen LogP contribution >= 0.6 is 92.3 Å². The monoisotopic (exact) mass is 1810 g/mol. The Labute approximate surface area is 738 Å². The highest BCUT2D eigenvalue weighted by Gasteiger charge is 2.35. The highest BCUT2D eigenvalue weighted by atomic mass is 35.5. The molecule has 30 nitrogen and oxygen atoms in total. The summed E-state index contributed by atoms with van der Waals surface area (Å²) in [4.78, 5) is 148. The molecule has 638 valence electrons. The van der Waals surface area contributed by atoms with Crippen LogP contribution in [0.25, 0.3) is 71.5 Å². The highest BCUT2D eigenvalue weighted by Crippen LogP contribution is 2.32. The number of halogens is 1. The molecule has 0 unspecified atom stereocenters. The van der Waals surface area contributed by atoms with Crippen molar-refractivity contribution < 1.29 is 9.90 Å². The minimum absolute atomic E-state index is 0.0395. The van der Waals surface area contributed by atoms with Crippen molar-refractivity contribution in [3.63, 3.8) is 0 Å². The lowest BCUT2D eigenvalue weighted by molar-refractivity contribution is -0.134. The topological polar surface area (TPSA) is 304 Å². The molecule has 1 N–H and O–H groups in total. The van der Waals surface area contributed by atoms with E-state index >= 15 is 0 Å². The zero-order valence-corrected chi connectivity index (χ0v) is 73.9. The fourth-order valence-corrected chi connectivity index (χ4v) is 21.8. The summed E-state index contributed by atoms with van der Waals surface area (Å²) in [6.07, 6.45) is 17.7. The van der Waals surface area contributed by atoms with Crippen molar-refractivity contribution in [1.29, 1.82) is 0 Å². The molecular formula is C85H90ClN21O9S7. The van der Waals surface area contributed by atoms with Crippen LogP contribution in [0.2, 0.25) is 5.02 Å². The van der Waals surface area contributed by atoms with E-state index in [1.807, 2.05) is 84.4 Å². The molecular weight excluding hydrogens is 1720 g/mol. The predicted molar refractivity (Wildman–Crippen MR) is 492 cm³/mol. The molecule has 18 heterocycles. The first kappa shape index (κ1) is 86.3. The molecule has 4 saturated heterocycles. The van der Waals surface area contributed by atoms with Gasteiger partial charge in [0.2, 0.25) is 5.91 Å². The lowest BCUT2D eigenvalue weighted by atomic mass is 9.95. The number of aromatic nitrogens is 14. The minimum Gasteiger partial charge on any atom is -0.381 e. The molecule has 123 heavy (non-hydrogen) atoms. The Morgan fingerprint density at radius 3 is 0.992 bits per heavy atom. The Morgan fingerprint density at radius 2 is 0.642 bits per heavy atom. The van der Waals surface area contributed by atoms with Gasteiger partial charge in [0, 0.05) is 147 Å². The quantitative estimate of drug-likeness (QED) is 0.0885. The van der Waals surface area contributed by atoms with Gasteiger partial charge in [-0.05, 0) is 202 Å². The summed E-state index contributed by atoms with van der Waals surface area (Å²) in [5.74, 6) is 1.46. The van der Waals surface area contributed by atoms with Gasteiger partial charge in [0.05, 0.1) is 82.7 Å². The third-order valence-corrected chi connectivity index (χ3v) is 29.3. The second-order valence-electron chi connectivity index (χ2n) is 30.4. The Kier molecular flexibility index (Phi) is 28.5. The van der Waals surface area contributed by atoms with E-state index in [1.165, 1.54) is 113 Å². The normalized spacial score (nSPS) is 15.9. The number of pyridine rings is 7. The van der Waals surface area contributed by atoms with Gasteiger partial charge in [0.25, 0.3) is 38.9 Å². The van der Waals surface area contributed by atoms with Gasteiger partial charge in [-0.3, -0.25) is 71.7 Å². The fourth-order valence-electron chi connectivity index (χ4n) is 14.9. The van der Waals surface area contributed by atoms with E-state index in [0.29, 0.717) is 78.9 Å². The largest absolute Gasteiger partial charge is 0.381 e. The predicted octanol–water partition coefficient (Wildman–Crippen LogP) is 10.6. The second-order valence-corrected chi connectivity index (χ2v) is 37.9. The lowest BCUT2D eigenvalue weighted by Crippen LogP contribution is -2.49. The molecule has 4 aliphatic heterocycles. The number of nitrogens with zero attached hydrogens (tertiary/aromatic N) is 21. The molecule has 5 aliphatic rings. The number of piperidine rings is 1. The van der Waals surface area contributed by atoms with Crippen molar-refractivity contribution in [3.05, 3.63) is 272 Å². The minimum atomic E-state index is -0.125. The average Bonchev–Trinajstić information content (AvgIpc) is 1.64. The number of benzene rings is 2. The molecule has 14 aromatic heterocycles. The zero-order valence-electron chi connectivity index (χ0n) is 67.4. The van der Waals surface area contributed by atoms with Gasteiger partial charge >= 0.3 is 0 Å². The zero-order chi connectivity index (χ0) is 84.9. The van der Waals surface area contributed by atoms with Crippen LogP contribution in [0.3, 0.4) is 0 Å². The third-order valence-electron chi connectivity index (χ3n) is 22.0. The maximum Gasteiger partial charge on any atom is 0.271 e. The number of amides is 1. The summed E-state index contributed by atoms with van der Waals surface area (Å²) in [6.45, 7) is 19.5. The molecule has 21 rings (SSSR count). The summed E-state index contributed by atoms with van der Waals surface area (Å²) in [5.41, 5.74) is 2.45. The molecule has 0 spiro atoms. The number of piperazine rings is 3. The van der Waals surface area contributed by atoms with Crippen LogP contribution in [-0.4, -0.2) is 206 Å². The van der Waals surface area contributed by atoms with Crippen molar-refractivity contribution in [1.82, 2.24) is 96.9 Å². The Balaban J connectivity index is 0.000000110. The van der Waals surface area contributed by atoms with Crippen LogP contribution in [0, 0.1) is 11.8 Å². The van der Waals surface area contributed by atoms with Crippen molar-refractivity contribution in [3.8, 4) is 0 Å². The standard InChI is InChI=1S/C18H20N4OS.C15H17ClN4O2S.C14H19N3OS.C13H8N4O2S2.C13H10N2OS.C12H16N4O2S/c23-18-16-7-4-8-19-17(16)24-22(18)14-21-11-9-20(10-12-21)13-15-5-2-1-3-6-15;16-11-7-12-13(17-8-11)23-20(15(12)22)9-18-3-5-19(6-4-18)14(21)10-1-2-10;1-2-11-5-8-16(9-6-11)10-17-14(18)12-4-3-7-15-13(12)19-17;18-12-8-3-1-5-14-10(8)20-16(12)7-17-13(19)9-4-2-6-15-11(9)21-17;16-13-11-7-4-8-14-12(11)17-15(13)9-10-5-2-1-3-6-10;17-9-15-6-4-14(5-7-15)8-16-12(18)10-2-1-3-13-11(10)19-16/h1-8H,9-14H2;7-8,10H,1-6,9H2;3-4,7,11H,2,5-6,8-10H2,1H3;1-6H,7H2;1-8H,9H2;1-3,17H,4-9H2. The molecule has 0 bridgehead atoms. The molecule has 5 fully saturated rings. The van der Waals surface area contributed by atoms with E-state index in [0.717, 1.165) is 159 Å². The van der Waals surface area contributed by atoms with Gasteiger partial charge in [0.1, 0.15) is 40.5 Å². The molecule has 38 heteroatoms. The lowest BCUT2D eigenvalue weighted by Gasteiger charge is -2.34. The second kappa shape index (κ2) is 40.6. The number of fused-ring (bicyclic) bond motifs is 7. The number of rotatable bonds is 17. The molecule has 0 atom stereocenters. The summed E-state index contributed by atoms with van der Waals surface area (Å²) in [5, 5.41) is 14.1. The van der Waals surface area contributed by atoms with Crippen molar-refractivity contribution in [2.24, 2.45) is 11.8 Å². The smallest absolute Gasteiger partial charge is 0.271 e. The first-order valence-electron chi connectivity index (χ1n) is 40.7. The van der Waals surface area contributed by atoms with Crippen LogP contribution in [0.5, 0.6) is 0 Å². The van der Waals surface area contributed by atoms with Gasteiger partial charge < -0.3 is 10.0 Å². The average molecular weight is 1810 g/mol. The number of carbonyl (C=O) groups excluding carboxylic acids is 1. The van der Waals surface area contributed by atoms with Crippen molar-refractivity contribution in [2.75, 3.05) is 98.4 Å². The van der Waals surface area contributed by atoms with E-state index in [1.54, 1.807) is 97.7 Å². The van der Waals surface area contributed by atoms with E-state index in [9.17, 15) is 38.4 Å². The van der Waals surface area contributed by atoms with Crippen LogP contribution in [0.15, 0.2) is 216 Å². The number of likely N-dealkylation sites (tertiary alicyclic amines) is 1. The van der Waals surface area contributed by atoms with Gasteiger partial charge in [-0.2, -0.15) is 0 Å². The maximum absolute atomic E-state index is 12.4. The van der Waals surface area contributed by atoms with E-state index in [2.05, 4.69) is 96.6 Å². The highest BCUT2D eigenvalue weighted by molar-refractivity contribution is 7.15. The van der Waals surface area contributed by atoms with Crippen LogP contribution < -0.4 is 38.9 Å². The summed E-state index contributed by atoms with van der Waals surface area (Å²) < 4.78 is 11.9. The summed E-state index contributed by atoms with van der Waals surface area (Å²) >= 11 is 15.5. The van der Waals surface area contributed by atoms with Gasteiger partial charge in [-0.1, -0.05) is 85.6 Å². The maximum atomic E-state index is 12.4. The Hall–Kier alpha value is -10.2. The Bertz CT molecular complexity index is 6540. The van der Waals surface area contributed by atoms with Crippen LogP contribution in [0.1, 0.15) is 50.2 Å². The number of carbonyl (C=O) groups is 1. The van der Waals surface area contributed by atoms with Gasteiger partial charge in [-0.25, -0.2) is 58.6 Å². The van der Waals surface area contributed by atoms with Crippen molar-refractivity contribution in [2.45, 2.75) is 85.5 Å². The molecule has 1 amide bonds. The molecule has 0 radical (unpaired) electrons. The Morgan fingerprint density at radius 1 is 0.341 bits per heavy atom. The van der Waals surface area contributed by atoms with Crippen LogP contribution in [0.4, 0.5) is 0 Å². The van der Waals surface area contributed by atoms with Gasteiger partial charge in [0.15, 0.2) is 0 Å². The van der Waals surface area contributed by atoms with Crippen molar-refractivity contribution >= 4 is 170 Å². The van der Waals surface area contributed by atoms with Gasteiger partial charge in [-0.15, -0.1) is 0 Å². The first-order chi connectivity index (χ1) is 60.0. The molecule has 2 aromatic carbocycles. The molecule has 1 saturated carbocycles. The van der Waals surface area contributed by atoms with Crippen LogP contribution in [-0.2, 0) is 51.2 Å². The molecule has 16 aromatic rings. The summed E-state index contributed by atoms with van der Waals surface area (Å²) in [6, 6.07) is 43.8. The number of hydrogen-bond donors (Lipinski definition) is 1. The van der Waals surface area contributed by atoms with E-state index in [-0.39, 0.29) is 58.2 Å². The van der Waals surface area contributed by atoms with E-state index < -0.39 is 0 Å². The first-order valence-corrected chi connectivity index (χ1v) is 46.5. The number of hydrogen-bond acceptors (Lipinski definition) is 29. The summed E-state index contributed by atoms with van der Waals surface area (Å²) in [7, 11) is 0. The SMILES string of the molecule is CCC1CCN(Cn2sc3ncccc3c2=O)CC1.O=C(C1CC1)N1CCN(Cn2sc3ncc(Cl)cc3c2=O)CC1.O=c1c2cccnc2sn1CN1CCN(CO)CC1.O=c1c2cccnc2sn1CN1CCN(Cc2ccccc2)CC1.O=c1c2cccnc2sn1Cc1ccccc1.O=c1c2cccnc2sn1Cn1sc2ncccc2c1=O. The number of aliphatic hydroxyl groups is 1.